The molecule has 2 atom stereocenters. The van der Waals surface area contributed by atoms with Crippen molar-refractivity contribution in [3.63, 3.8) is 0 Å². The van der Waals surface area contributed by atoms with Crippen molar-refractivity contribution in [2.75, 3.05) is 0 Å². The number of benzene rings is 1. The zero-order chi connectivity index (χ0) is 12.4. The minimum Gasteiger partial charge on any atom is -0.391 e. The molecule has 1 aliphatic rings. The molecule has 1 aliphatic carbocycles. The summed E-state index contributed by atoms with van der Waals surface area (Å²) in [6.45, 7) is 2.05. The van der Waals surface area contributed by atoms with Crippen LogP contribution in [0.15, 0.2) is 22.7 Å². The normalized spacial score (nSPS) is 19.3. The van der Waals surface area contributed by atoms with E-state index in [1.165, 1.54) is 18.4 Å². The molecule has 0 aliphatic heterocycles. The maximum Gasteiger partial charge on any atom is 0.0761 e. The summed E-state index contributed by atoms with van der Waals surface area (Å²) in [7, 11) is 0. The van der Waals surface area contributed by atoms with E-state index in [1.807, 2.05) is 19.1 Å². The van der Waals surface area contributed by atoms with Crippen LogP contribution in [0.25, 0.3) is 0 Å². The molecule has 18 heavy (non-hydrogen) atoms. The lowest BCUT2D eigenvalue weighted by Crippen LogP contribution is -2.32. The van der Waals surface area contributed by atoms with Crippen molar-refractivity contribution >= 4 is 28.3 Å². The third kappa shape index (κ3) is 3.47. The van der Waals surface area contributed by atoms with Gasteiger partial charge >= 0.3 is 0 Å². The van der Waals surface area contributed by atoms with Gasteiger partial charge in [0.15, 0.2) is 0 Å². The van der Waals surface area contributed by atoms with E-state index in [0.29, 0.717) is 5.92 Å². The van der Waals surface area contributed by atoms with Gasteiger partial charge in [0.2, 0.25) is 0 Å². The molecule has 1 aromatic carbocycles. The predicted octanol–water partition coefficient (Wildman–Crippen LogP) is 3.73. The fourth-order valence-electron chi connectivity index (χ4n) is 2.68. The molecule has 0 radical (unpaired) electrons. The average Bonchev–Trinajstić information content (AvgIpc) is 2.80. The van der Waals surface area contributed by atoms with E-state index in [-0.39, 0.29) is 18.4 Å². The number of halogens is 2. The Kier molecular flexibility index (Phi) is 6.12. The van der Waals surface area contributed by atoms with Crippen molar-refractivity contribution < 1.29 is 5.11 Å². The lowest BCUT2D eigenvalue weighted by atomic mass is 9.90. The number of aryl methyl sites for hydroxylation is 1. The fourth-order valence-corrected chi connectivity index (χ4v) is 3.44. The predicted molar refractivity (Wildman–Crippen MR) is 81.0 cm³/mol. The Labute approximate surface area is 123 Å². The first kappa shape index (κ1) is 16.0. The summed E-state index contributed by atoms with van der Waals surface area (Å²) in [5.74, 6) is 0.373. The molecular formula is C14H21BrClNO. The number of aliphatic hydroxyl groups is 1. The molecule has 0 unspecified atom stereocenters. The molecule has 0 spiro atoms. The lowest BCUT2D eigenvalue weighted by molar-refractivity contribution is 0.0843. The molecule has 2 nitrogen and oxygen atoms in total. The fraction of sp³-hybridized carbons (Fsp3) is 0.571. The second-order valence-corrected chi connectivity index (χ2v) is 5.94. The van der Waals surface area contributed by atoms with E-state index < -0.39 is 6.10 Å². The van der Waals surface area contributed by atoms with Gasteiger partial charge < -0.3 is 10.8 Å². The van der Waals surface area contributed by atoms with Crippen LogP contribution in [-0.4, -0.2) is 11.2 Å². The van der Waals surface area contributed by atoms with Gasteiger partial charge in [-0.05, 0) is 42.9 Å². The van der Waals surface area contributed by atoms with E-state index in [2.05, 4.69) is 22.0 Å². The topological polar surface area (TPSA) is 46.2 Å². The Bertz CT molecular complexity index is 393. The molecule has 4 heteroatoms. The van der Waals surface area contributed by atoms with Crippen LogP contribution in [0.2, 0.25) is 0 Å². The van der Waals surface area contributed by atoms with Crippen molar-refractivity contribution in [1.82, 2.24) is 0 Å². The number of aliphatic hydroxyl groups excluding tert-OH is 1. The average molecular weight is 335 g/mol. The Hall–Kier alpha value is -0.0900. The maximum atomic E-state index is 10.3. The molecule has 0 amide bonds. The smallest absolute Gasteiger partial charge is 0.0761 e. The highest BCUT2D eigenvalue weighted by atomic mass is 79.9. The molecule has 0 bridgehead atoms. The first-order valence-electron chi connectivity index (χ1n) is 6.29. The van der Waals surface area contributed by atoms with E-state index in [9.17, 15) is 5.11 Å². The Morgan fingerprint density at radius 1 is 1.33 bits per heavy atom. The van der Waals surface area contributed by atoms with Crippen LogP contribution in [0.5, 0.6) is 0 Å². The summed E-state index contributed by atoms with van der Waals surface area (Å²) in [5, 5.41) is 10.3. The molecule has 1 saturated carbocycles. The minimum absolute atomic E-state index is 0. The Morgan fingerprint density at radius 2 is 1.94 bits per heavy atom. The minimum atomic E-state index is -0.420. The van der Waals surface area contributed by atoms with Gasteiger partial charge in [-0.25, -0.2) is 0 Å². The molecule has 0 aromatic heterocycles. The van der Waals surface area contributed by atoms with Crippen molar-refractivity contribution in [2.45, 2.75) is 44.8 Å². The summed E-state index contributed by atoms with van der Waals surface area (Å²) < 4.78 is 1.00. The number of hydrogen-bond acceptors (Lipinski definition) is 2. The van der Waals surface area contributed by atoms with Crippen LogP contribution in [0.1, 0.15) is 42.9 Å². The molecule has 0 saturated heterocycles. The molecule has 2 rings (SSSR count). The molecular weight excluding hydrogens is 314 g/mol. The van der Waals surface area contributed by atoms with Gasteiger partial charge in [0.05, 0.1) is 12.1 Å². The first-order chi connectivity index (χ1) is 8.09. The van der Waals surface area contributed by atoms with E-state index in [0.717, 1.165) is 22.9 Å². The summed E-state index contributed by atoms with van der Waals surface area (Å²) in [6.07, 6.45) is 4.25. The van der Waals surface area contributed by atoms with Gasteiger partial charge in [-0.2, -0.15) is 0 Å². The van der Waals surface area contributed by atoms with Crippen LogP contribution >= 0.6 is 28.3 Å². The summed E-state index contributed by atoms with van der Waals surface area (Å²) in [6, 6.07) is 5.83. The molecule has 3 N–H and O–H groups in total. The molecule has 1 aromatic rings. The van der Waals surface area contributed by atoms with Crippen LogP contribution in [0.4, 0.5) is 0 Å². The number of hydrogen-bond donors (Lipinski definition) is 2. The summed E-state index contributed by atoms with van der Waals surface area (Å²) in [4.78, 5) is 0. The van der Waals surface area contributed by atoms with Crippen molar-refractivity contribution in [3.05, 3.63) is 33.8 Å². The highest BCUT2D eigenvalue weighted by Crippen LogP contribution is 2.34. The van der Waals surface area contributed by atoms with E-state index in [1.54, 1.807) is 0 Å². The van der Waals surface area contributed by atoms with Crippen LogP contribution in [-0.2, 0) is 0 Å². The van der Waals surface area contributed by atoms with Crippen LogP contribution in [0, 0.1) is 12.8 Å². The van der Waals surface area contributed by atoms with Crippen molar-refractivity contribution in [3.8, 4) is 0 Å². The maximum absolute atomic E-state index is 10.3. The molecule has 1 fully saturated rings. The summed E-state index contributed by atoms with van der Waals surface area (Å²) >= 11 is 3.53. The third-order valence-electron chi connectivity index (χ3n) is 3.77. The number of nitrogens with two attached hydrogens (primary N) is 1. The van der Waals surface area contributed by atoms with Gasteiger partial charge in [-0.1, -0.05) is 40.9 Å². The number of rotatable bonds is 3. The zero-order valence-corrected chi connectivity index (χ0v) is 13.0. The van der Waals surface area contributed by atoms with Crippen molar-refractivity contribution in [2.24, 2.45) is 11.7 Å². The zero-order valence-electron chi connectivity index (χ0n) is 10.6. The quantitative estimate of drug-likeness (QED) is 0.884. The highest BCUT2D eigenvalue weighted by Gasteiger charge is 2.29. The molecule has 102 valence electrons. The van der Waals surface area contributed by atoms with Gasteiger partial charge in [0.1, 0.15) is 0 Å². The second-order valence-electron chi connectivity index (χ2n) is 5.09. The standard InChI is InChI=1S/C14H20BrNO.ClH/c1-9-6-7-11(12(15)8-9)13(16)14(17)10-4-2-3-5-10;/h6-8,10,13-14,17H,2-5,16H2,1H3;1H/t13-,14+;/m0./s1. The van der Waals surface area contributed by atoms with Gasteiger partial charge in [0.25, 0.3) is 0 Å². The lowest BCUT2D eigenvalue weighted by Gasteiger charge is -2.25. The molecule has 0 heterocycles. The Balaban J connectivity index is 0.00000162. The van der Waals surface area contributed by atoms with Crippen molar-refractivity contribution in [1.29, 1.82) is 0 Å². The Morgan fingerprint density at radius 3 is 2.50 bits per heavy atom. The largest absolute Gasteiger partial charge is 0.391 e. The second kappa shape index (κ2) is 6.90. The SMILES string of the molecule is Cc1ccc([C@H](N)[C@H](O)C2CCCC2)c(Br)c1.Cl. The van der Waals surface area contributed by atoms with Gasteiger partial charge in [-0.15, -0.1) is 12.4 Å². The summed E-state index contributed by atoms with van der Waals surface area (Å²) in [5.41, 5.74) is 8.40. The van der Waals surface area contributed by atoms with Crippen LogP contribution < -0.4 is 5.73 Å². The third-order valence-corrected chi connectivity index (χ3v) is 4.45. The first-order valence-corrected chi connectivity index (χ1v) is 7.08. The van der Waals surface area contributed by atoms with Gasteiger partial charge in [0, 0.05) is 4.47 Å². The van der Waals surface area contributed by atoms with E-state index in [4.69, 9.17) is 5.73 Å². The van der Waals surface area contributed by atoms with Crippen LogP contribution in [0.3, 0.4) is 0 Å². The monoisotopic (exact) mass is 333 g/mol. The highest BCUT2D eigenvalue weighted by molar-refractivity contribution is 9.10. The van der Waals surface area contributed by atoms with Gasteiger partial charge in [-0.3, -0.25) is 0 Å². The van der Waals surface area contributed by atoms with E-state index >= 15 is 0 Å².